The molecule has 1 saturated heterocycles. The second-order valence-corrected chi connectivity index (χ2v) is 5.49. The molecule has 0 amide bonds. The first-order chi connectivity index (χ1) is 6.24. The molecule has 0 aromatic carbocycles. The van der Waals surface area contributed by atoms with Crippen molar-refractivity contribution in [2.45, 2.75) is 24.8 Å². The van der Waals surface area contributed by atoms with Gasteiger partial charge < -0.3 is 5.11 Å². The Morgan fingerprint density at radius 2 is 2.54 bits per heavy atom. The van der Waals surface area contributed by atoms with Crippen LogP contribution < -0.4 is 5.32 Å². The van der Waals surface area contributed by atoms with Crippen LogP contribution in [0.3, 0.4) is 0 Å². The van der Waals surface area contributed by atoms with Gasteiger partial charge in [0.25, 0.3) is 0 Å². The van der Waals surface area contributed by atoms with Gasteiger partial charge in [0.15, 0.2) is 0 Å². The largest absolute Gasteiger partial charge is 0.480 e. The molecule has 2 N–H and O–H groups in total. The van der Waals surface area contributed by atoms with Crippen molar-refractivity contribution in [2.24, 2.45) is 0 Å². The van der Waals surface area contributed by atoms with Crippen molar-refractivity contribution in [3.05, 3.63) is 0 Å². The van der Waals surface area contributed by atoms with Crippen LogP contribution in [0.2, 0.25) is 0 Å². The second-order valence-electron chi connectivity index (χ2n) is 2.87. The summed E-state index contributed by atoms with van der Waals surface area (Å²) < 4.78 is 0. The number of hydrogen-bond donors (Lipinski definition) is 2. The third-order valence-corrected chi connectivity index (χ3v) is 4.11. The lowest BCUT2D eigenvalue weighted by Crippen LogP contribution is -2.36. The van der Waals surface area contributed by atoms with Gasteiger partial charge >= 0.3 is 5.97 Å². The maximum atomic E-state index is 10.6. The highest BCUT2D eigenvalue weighted by Crippen LogP contribution is 2.22. The van der Waals surface area contributed by atoms with Crippen LogP contribution >= 0.6 is 23.5 Å². The van der Waals surface area contributed by atoms with E-state index in [-0.39, 0.29) is 6.04 Å². The van der Waals surface area contributed by atoms with Crippen molar-refractivity contribution in [2.75, 3.05) is 17.3 Å². The van der Waals surface area contributed by atoms with Gasteiger partial charge in [-0.2, -0.15) is 11.8 Å². The summed E-state index contributed by atoms with van der Waals surface area (Å²) in [5, 5.41) is 12.2. The van der Waals surface area contributed by atoms with E-state index < -0.39 is 5.97 Å². The Kier molecular flexibility index (Phi) is 4.98. The quantitative estimate of drug-likeness (QED) is 0.684. The molecule has 1 aliphatic rings. The van der Waals surface area contributed by atoms with E-state index in [2.05, 4.69) is 12.2 Å². The van der Waals surface area contributed by atoms with Gasteiger partial charge in [-0.3, -0.25) is 10.1 Å². The normalized spacial score (nSPS) is 27.8. The van der Waals surface area contributed by atoms with Crippen LogP contribution in [-0.4, -0.2) is 39.8 Å². The third kappa shape index (κ3) is 3.79. The summed E-state index contributed by atoms with van der Waals surface area (Å²) in [6.45, 7) is 2.14. The zero-order valence-electron chi connectivity index (χ0n) is 7.66. The smallest absolute Gasteiger partial charge is 0.321 e. The molecule has 0 aromatic heterocycles. The van der Waals surface area contributed by atoms with Crippen molar-refractivity contribution in [3.8, 4) is 0 Å². The Morgan fingerprint density at radius 3 is 3.08 bits per heavy atom. The van der Waals surface area contributed by atoms with Crippen LogP contribution in [0.4, 0.5) is 0 Å². The first-order valence-corrected chi connectivity index (χ1v) is 6.62. The van der Waals surface area contributed by atoms with Gasteiger partial charge in [-0.1, -0.05) is 6.92 Å². The van der Waals surface area contributed by atoms with E-state index in [1.165, 1.54) is 0 Å². The molecule has 1 rings (SSSR count). The zero-order chi connectivity index (χ0) is 9.68. The van der Waals surface area contributed by atoms with Crippen LogP contribution in [0.5, 0.6) is 0 Å². The molecule has 3 nitrogen and oxygen atoms in total. The zero-order valence-corrected chi connectivity index (χ0v) is 9.29. The average Bonchev–Trinajstić information content (AvgIpc) is 2.53. The highest BCUT2D eigenvalue weighted by Gasteiger charge is 2.28. The summed E-state index contributed by atoms with van der Waals surface area (Å²) >= 11 is 3.63. The van der Waals surface area contributed by atoms with Crippen molar-refractivity contribution in [1.82, 2.24) is 5.32 Å². The topological polar surface area (TPSA) is 49.3 Å². The number of hydrogen-bond acceptors (Lipinski definition) is 4. The van der Waals surface area contributed by atoms with Crippen molar-refractivity contribution < 1.29 is 9.90 Å². The molecule has 1 unspecified atom stereocenters. The standard InChI is InChI=1S/C8H15NO2S2/c1-2-12-4-3-7-9-6(5-13-7)8(10)11/h6-7,9H,2-5H2,1H3,(H,10,11)/t6-,7?/m1/s1. The molecule has 0 saturated carbocycles. The number of thioether (sulfide) groups is 2. The Bertz CT molecular complexity index is 178. The van der Waals surface area contributed by atoms with Gasteiger partial charge in [-0.05, 0) is 17.9 Å². The van der Waals surface area contributed by atoms with E-state index in [0.717, 1.165) is 17.9 Å². The number of nitrogens with one attached hydrogen (secondary N) is 1. The third-order valence-electron chi connectivity index (χ3n) is 1.88. The summed E-state index contributed by atoms with van der Waals surface area (Å²) in [6, 6.07) is -0.332. The molecule has 76 valence electrons. The van der Waals surface area contributed by atoms with Crippen LogP contribution in [0, 0.1) is 0 Å². The van der Waals surface area contributed by atoms with Gasteiger partial charge in [0, 0.05) is 5.75 Å². The number of rotatable bonds is 5. The lowest BCUT2D eigenvalue weighted by atomic mass is 10.3. The lowest BCUT2D eigenvalue weighted by Gasteiger charge is -2.09. The average molecular weight is 221 g/mol. The van der Waals surface area contributed by atoms with E-state index in [1.54, 1.807) is 11.8 Å². The Morgan fingerprint density at radius 1 is 1.77 bits per heavy atom. The molecular weight excluding hydrogens is 206 g/mol. The molecule has 0 aliphatic carbocycles. The molecule has 0 aromatic rings. The molecule has 0 bridgehead atoms. The monoisotopic (exact) mass is 221 g/mol. The fourth-order valence-corrected chi connectivity index (χ4v) is 3.23. The van der Waals surface area contributed by atoms with Gasteiger partial charge in [0.2, 0.25) is 0 Å². The second kappa shape index (κ2) is 5.78. The van der Waals surface area contributed by atoms with E-state index in [9.17, 15) is 4.79 Å². The lowest BCUT2D eigenvalue weighted by molar-refractivity contribution is -0.138. The van der Waals surface area contributed by atoms with E-state index in [4.69, 9.17) is 5.11 Å². The minimum atomic E-state index is -0.724. The van der Waals surface area contributed by atoms with Gasteiger partial charge in [-0.25, -0.2) is 0 Å². The SMILES string of the molecule is CCSCCC1N[C@@H](C(=O)O)CS1. The highest BCUT2D eigenvalue weighted by molar-refractivity contribution is 8.00. The molecule has 13 heavy (non-hydrogen) atoms. The molecule has 1 heterocycles. The van der Waals surface area contributed by atoms with Crippen LogP contribution in [0.15, 0.2) is 0 Å². The first kappa shape index (κ1) is 11.2. The van der Waals surface area contributed by atoms with Crippen LogP contribution in [0.25, 0.3) is 0 Å². The molecule has 1 aliphatic heterocycles. The number of aliphatic carboxylic acids is 1. The van der Waals surface area contributed by atoms with Crippen molar-refractivity contribution in [3.63, 3.8) is 0 Å². The predicted molar refractivity (Wildman–Crippen MR) is 58.4 cm³/mol. The van der Waals surface area contributed by atoms with Gasteiger partial charge in [0.05, 0.1) is 5.37 Å². The van der Waals surface area contributed by atoms with Gasteiger partial charge in [0.1, 0.15) is 6.04 Å². The molecule has 0 radical (unpaired) electrons. The molecule has 0 spiro atoms. The summed E-state index contributed by atoms with van der Waals surface area (Å²) in [7, 11) is 0. The van der Waals surface area contributed by atoms with E-state index in [1.807, 2.05) is 11.8 Å². The van der Waals surface area contributed by atoms with Crippen LogP contribution in [-0.2, 0) is 4.79 Å². The maximum Gasteiger partial charge on any atom is 0.321 e. The molecule has 5 heteroatoms. The van der Waals surface area contributed by atoms with Crippen molar-refractivity contribution >= 4 is 29.5 Å². The minimum Gasteiger partial charge on any atom is -0.480 e. The maximum absolute atomic E-state index is 10.6. The van der Waals surface area contributed by atoms with Crippen LogP contribution in [0.1, 0.15) is 13.3 Å². The number of carboxylic acids is 1. The number of carboxylic acid groups (broad SMARTS) is 1. The summed E-state index contributed by atoms with van der Waals surface area (Å²) in [5.41, 5.74) is 0. The Labute approximate surface area is 87.0 Å². The summed E-state index contributed by atoms with van der Waals surface area (Å²) in [4.78, 5) is 10.6. The number of carbonyl (C=O) groups is 1. The van der Waals surface area contributed by atoms with Gasteiger partial charge in [-0.15, -0.1) is 11.8 Å². The summed E-state index contributed by atoms with van der Waals surface area (Å²) in [6.07, 6.45) is 1.06. The van der Waals surface area contributed by atoms with E-state index in [0.29, 0.717) is 11.1 Å². The fourth-order valence-electron chi connectivity index (χ4n) is 1.18. The Hall–Kier alpha value is 0.130. The Balaban J connectivity index is 2.14. The first-order valence-electron chi connectivity index (χ1n) is 4.42. The summed E-state index contributed by atoms with van der Waals surface area (Å²) in [5.74, 6) is 2.24. The minimum absolute atomic E-state index is 0.332. The highest BCUT2D eigenvalue weighted by atomic mass is 32.2. The molecule has 2 atom stereocenters. The molecular formula is C8H15NO2S2. The fraction of sp³-hybridized carbons (Fsp3) is 0.875. The van der Waals surface area contributed by atoms with E-state index >= 15 is 0 Å². The molecule has 1 fully saturated rings. The predicted octanol–water partition coefficient (Wildman–Crippen LogP) is 1.25. The van der Waals surface area contributed by atoms with Crippen molar-refractivity contribution in [1.29, 1.82) is 0 Å².